The molecule has 3 heterocycles. The van der Waals surface area contributed by atoms with E-state index in [0.717, 1.165) is 17.4 Å². The van der Waals surface area contributed by atoms with Crippen LogP contribution in [0, 0.1) is 0 Å². The topological polar surface area (TPSA) is 34.9 Å². The van der Waals surface area contributed by atoms with Gasteiger partial charge in [-0.3, -0.25) is 4.79 Å². The van der Waals surface area contributed by atoms with Crippen molar-refractivity contribution in [3.05, 3.63) is 58.4 Å². The Kier molecular flexibility index (Phi) is 2.26. The first-order valence-corrected chi connectivity index (χ1v) is 6.95. The van der Waals surface area contributed by atoms with E-state index in [1.807, 2.05) is 6.07 Å². The molecule has 4 heteroatoms. The monoisotopic (exact) mass is 266 g/mol. The minimum Gasteiger partial charge on any atom is -0.335 e. The smallest absolute Gasteiger partial charge is 0.271 e. The molecule has 1 aliphatic rings. The lowest BCUT2D eigenvalue weighted by molar-refractivity contribution is 0.894. The molecule has 0 saturated carbocycles. The van der Waals surface area contributed by atoms with Gasteiger partial charge in [-0.1, -0.05) is 30.0 Å². The Morgan fingerprint density at radius 1 is 1.21 bits per heavy atom. The molecule has 0 fully saturated rings. The second kappa shape index (κ2) is 3.96. The van der Waals surface area contributed by atoms with Crippen LogP contribution >= 0.6 is 11.8 Å². The molecule has 0 N–H and O–H groups in total. The molecule has 4 rings (SSSR count). The van der Waals surface area contributed by atoms with E-state index in [0.29, 0.717) is 0 Å². The Hall–Kier alpha value is -2.07. The van der Waals surface area contributed by atoms with Gasteiger partial charge in [0.2, 0.25) is 0 Å². The van der Waals surface area contributed by atoms with Gasteiger partial charge in [-0.05, 0) is 17.5 Å². The van der Waals surface area contributed by atoms with Gasteiger partial charge in [0.05, 0.1) is 11.0 Å². The summed E-state index contributed by atoms with van der Waals surface area (Å²) in [7, 11) is 0. The van der Waals surface area contributed by atoms with Crippen LogP contribution in [-0.4, -0.2) is 9.55 Å². The van der Waals surface area contributed by atoms with E-state index in [1.54, 1.807) is 24.0 Å². The zero-order chi connectivity index (χ0) is 12.8. The van der Waals surface area contributed by atoms with Crippen LogP contribution in [0.4, 0.5) is 0 Å². The first-order chi connectivity index (χ1) is 9.34. The average Bonchev–Trinajstić information content (AvgIpc) is 2.61. The van der Waals surface area contributed by atoms with Crippen molar-refractivity contribution >= 4 is 33.6 Å². The van der Waals surface area contributed by atoms with Crippen LogP contribution in [0.3, 0.4) is 0 Å². The minimum atomic E-state index is -0.198. The number of hydrogen-bond acceptors (Lipinski definition) is 3. The van der Waals surface area contributed by atoms with Gasteiger partial charge in [-0.2, -0.15) is 0 Å². The number of allylic oxidation sites excluding steroid dienone is 1. The van der Waals surface area contributed by atoms with Gasteiger partial charge in [0.15, 0.2) is 0 Å². The molecular weight excluding hydrogens is 256 g/mol. The summed E-state index contributed by atoms with van der Waals surface area (Å²) in [5, 5.41) is 4.37. The summed E-state index contributed by atoms with van der Waals surface area (Å²) in [6.07, 6.45) is 3.71. The first-order valence-electron chi connectivity index (χ1n) is 6.07. The predicted octanol–water partition coefficient (Wildman–Crippen LogP) is 3.17. The summed E-state index contributed by atoms with van der Waals surface area (Å²) >= 11 is 1.72. The van der Waals surface area contributed by atoms with Crippen molar-refractivity contribution in [3.63, 3.8) is 0 Å². The maximum absolute atomic E-state index is 11.7. The Bertz CT molecular complexity index is 896. The van der Waals surface area contributed by atoms with Crippen LogP contribution in [0.2, 0.25) is 0 Å². The number of aromatic nitrogens is 2. The lowest BCUT2D eigenvalue weighted by atomic mass is 10.2. The number of hydrogen-bond donors (Lipinski definition) is 0. The van der Waals surface area contributed by atoms with Crippen LogP contribution < -0.4 is 5.56 Å². The highest BCUT2D eigenvalue weighted by Crippen LogP contribution is 2.36. The molecule has 0 aliphatic carbocycles. The molecule has 3 aromatic rings. The largest absolute Gasteiger partial charge is 0.335 e. The van der Waals surface area contributed by atoms with Crippen molar-refractivity contribution in [3.8, 4) is 0 Å². The highest BCUT2D eigenvalue weighted by atomic mass is 32.2. The molecular formula is C15H10N2OS. The molecule has 0 unspecified atom stereocenters. The fraction of sp³-hybridized carbons (Fsp3) is 0.0667. The zero-order valence-electron chi connectivity index (χ0n) is 10.0. The van der Waals surface area contributed by atoms with Gasteiger partial charge >= 0.3 is 0 Å². The minimum absolute atomic E-state index is 0.198. The van der Waals surface area contributed by atoms with Gasteiger partial charge in [-0.15, -0.1) is 0 Å². The third kappa shape index (κ3) is 1.53. The van der Waals surface area contributed by atoms with Crippen LogP contribution in [0.15, 0.2) is 57.7 Å². The van der Waals surface area contributed by atoms with E-state index in [9.17, 15) is 4.79 Å². The number of thioether (sulfide) groups is 1. The Morgan fingerprint density at radius 2 is 2.16 bits per heavy atom. The highest BCUT2D eigenvalue weighted by molar-refractivity contribution is 8.02. The third-order valence-corrected chi connectivity index (χ3v) is 4.32. The van der Waals surface area contributed by atoms with Crippen molar-refractivity contribution in [1.29, 1.82) is 0 Å². The Balaban J connectivity index is 2.34. The van der Waals surface area contributed by atoms with Crippen molar-refractivity contribution in [2.75, 3.05) is 0 Å². The normalized spacial score (nSPS) is 13.9. The van der Waals surface area contributed by atoms with E-state index in [2.05, 4.69) is 39.2 Å². The van der Waals surface area contributed by atoms with Crippen molar-refractivity contribution < 1.29 is 0 Å². The average molecular weight is 266 g/mol. The summed E-state index contributed by atoms with van der Waals surface area (Å²) in [6.45, 7) is 0.785. The van der Waals surface area contributed by atoms with Crippen LogP contribution in [0.25, 0.3) is 21.8 Å². The Morgan fingerprint density at radius 3 is 3.11 bits per heavy atom. The summed E-state index contributed by atoms with van der Waals surface area (Å²) in [6, 6.07) is 9.84. The first kappa shape index (κ1) is 10.8. The fourth-order valence-corrected chi connectivity index (χ4v) is 3.46. The third-order valence-electron chi connectivity index (χ3n) is 3.41. The SMILES string of the molecule is O=c1cc2c(ccn1)c1cccc3c1n2CC=CS3. The van der Waals surface area contributed by atoms with E-state index < -0.39 is 0 Å². The summed E-state index contributed by atoms with van der Waals surface area (Å²) < 4.78 is 2.19. The van der Waals surface area contributed by atoms with Crippen LogP contribution in [-0.2, 0) is 6.54 Å². The zero-order valence-corrected chi connectivity index (χ0v) is 10.9. The number of fused-ring (bicyclic) bond motifs is 3. The molecule has 2 aromatic heterocycles. The molecule has 0 bridgehead atoms. The molecule has 1 aromatic carbocycles. The standard InChI is InChI=1S/C15H10N2OS/c18-14-9-12-10(5-6-16-14)11-3-1-4-13-15(11)17(12)7-2-8-19-13/h1-6,8-9H,7H2. The van der Waals surface area contributed by atoms with E-state index in [-0.39, 0.29) is 5.56 Å². The maximum atomic E-state index is 11.7. The van der Waals surface area contributed by atoms with Gasteiger partial charge in [0.1, 0.15) is 0 Å². The molecule has 19 heavy (non-hydrogen) atoms. The lowest BCUT2D eigenvalue weighted by Gasteiger charge is -2.03. The number of nitrogens with zero attached hydrogens (tertiary/aromatic N) is 2. The van der Waals surface area contributed by atoms with Crippen molar-refractivity contribution in [2.24, 2.45) is 0 Å². The number of para-hydroxylation sites is 1. The Labute approximate surface area is 113 Å². The van der Waals surface area contributed by atoms with E-state index in [4.69, 9.17) is 0 Å². The summed E-state index contributed by atoms with van der Waals surface area (Å²) in [5.41, 5.74) is 1.96. The van der Waals surface area contributed by atoms with Crippen LogP contribution in [0.1, 0.15) is 0 Å². The second-order valence-corrected chi connectivity index (χ2v) is 5.43. The molecule has 0 spiro atoms. The molecule has 0 amide bonds. The predicted molar refractivity (Wildman–Crippen MR) is 78.5 cm³/mol. The summed E-state index contributed by atoms with van der Waals surface area (Å²) in [5.74, 6) is 0. The van der Waals surface area contributed by atoms with Gasteiger partial charge in [-0.25, -0.2) is 4.98 Å². The van der Waals surface area contributed by atoms with Gasteiger partial charge < -0.3 is 4.57 Å². The summed E-state index contributed by atoms with van der Waals surface area (Å²) in [4.78, 5) is 16.7. The lowest BCUT2D eigenvalue weighted by Crippen LogP contribution is -2.00. The molecule has 0 radical (unpaired) electrons. The molecule has 0 atom stereocenters. The van der Waals surface area contributed by atoms with Crippen LogP contribution in [0.5, 0.6) is 0 Å². The quantitative estimate of drug-likeness (QED) is 0.627. The van der Waals surface area contributed by atoms with E-state index >= 15 is 0 Å². The number of rotatable bonds is 0. The highest BCUT2D eigenvalue weighted by Gasteiger charge is 2.14. The number of benzene rings is 1. The molecule has 0 saturated heterocycles. The van der Waals surface area contributed by atoms with Crippen molar-refractivity contribution in [1.82, 2.24) is 9.55 Å². The molecule has 92 valence electrons. The van der Waals surface area contributed by atoms with Gasteiger partial charge in [0, 0.05) is 34.5 Å². The molecule has 3 nitrogen and oxygen atoms in total. The van der Waals surface area contributed by atoms with E-state index in [1.165, 1.54) is 15.8 Å². The van der Waals surface area contributed by atoms with Crippen molar-refractivity contribution in [2.45, 2.75) is 11.4 Å². The maximum Gasteiger partial charge on any atom is 0.271 e. The van der Waals surface area contributed by atoms with Gasteiger partial charge in [0.25, 0.3) is 5.56 Å². The second-order valence-electron chi connectivity index (χ2n) is 4.48. The molecule has 1 aliphatic heterocycles. The fourth-order valence-electron chi connectivity index (χ4n) is 2.65.